The number of nitrogens with one attached hydrogen (secondary N) is 1. The van der Waals surface area contributed by atoms with Gasteiger partial charge in [-0.1, -0.05) is 31.6 Å². The average molecular weight is 401 g/mol. The van der Waals surface area contributed by atoms with E-state index in [0.717, 1.165) is 43.7 Å². The molecule has 0 aromatic carbocycles. The molecule has 6 atom stereocenters. The first-order chi connectivity index (χ1) is 13.8. The van der Waals surface area contributed by atoms with Gasteiger partial charge in [-0.2, -0.15) is 5.10 Å². The molecule has 2 saturated carbocycles. The van der Waals surface area contributed by atoms with Gasteiger partial charge in [0.25, 0.3) is 0 Å². The van der Waals surface area contributed by atoms with Gasteiger partial charge < -0.3 is 9.84 Å². The number of aliphatic hydroxyl groups is 1. The topological polar surface area (TPSA) is 70.9 Å². The van der Waals surface area contributed by atoms with E-state index >= 15 is 0 Å². The number of carbonyl (C=O) groups excluding carboxylic acids is 1. The van der Waals surface area contributed by atoms with E-state index in [0.29, 0.717) is 18.4 Å². The van der Waals surface area contributed by atoms with Crippen molar-refractivity contribution in [2.24, 2.45) is 33.7 Å². The van der Waals surface area contributed by atoms with Crippen LogP contribution < -0.4 is 5.43 Å². The van der Waals surface area contributed by atoms with Crippen LogP contribution in [0.25, 0.3) is 0 Å². The summed E-state index contributed by atoms with van der Waals surface area (Å²) >= 11 is 0. The van der Waals surface area contributed by atoms with Crippen molar-refractivity contribution in [3.63, 3.8) is 0 Å². The minimum absolute atomic E-state index is 0.126. The van der Waals surface area contributed by atoms with Crippen LogP contribution in [0.4, 0.5) is 4.79 Å². The Balaban J connectivity index is 1.54. The Morgan fingerprint density at radius 1 is 1.21 bits per heavy atom. The molecule has 4 aliphatic carbocycles. The molecule has 2 N–H and O–H groups in total. The molecule has 29 heavy (non-hydrogen) atoms. The third-order valence-corrected chi connectivity index (χ3v) is 8.64. The van der Waals surface area contributed by atoms with E-state index in [1.54, 1.807) is 6.92 Å². The summed E-state index contributed by atoms with van der Waals surface area (Å²) in [5.41, 5.74) is 6.64. The molecule has 0 aromatic rings. The highest BCUT2D eigenvalue weighted by molar-refractivity contribution is 6.00. The molecule has 0 saturated heterocycles. The lowest BCUT2D eigenvalue weighted by molar-refractivity contribution is -0.0279. The lowest BCUT2D eigenvalue weighted by Gasteiger charge is -2.57. The van der Waals surface area contributed by atoms with E-state index in [4.69, 9.17) is 4.74 Å². The molecule has 1 amide bonds. The predicted molar refractivity (Wildman–Crippen MR) is 114 cm³/mol. The number of nitrogens with zero attached hydrogens (tertiary/aromatic N) is 1. The van der Waals surface area contributed by atoms with Crippen LogP contribution in [0.3, 0.4) is 0 Å². The quantitative estimate of drug-likeness (QED) is 0.399. The summed E-state index contributed by atoms with van der Waals surface area (Å²) in [6.45, 7) is 9.00. The number of hydrogen-bond acceptors (Lipinski definition) is 4. The maximum absolute atomic E-state index is 11.6. The monoisotopic (exact) mass is 400 g/mol. The normalized spacial score (nSPS) is 41.5. The third kappa shape index (κ3) is 3.35. The van der Waals surface area contributed by atoms with Gasteiger partial charge >= 0.3 is 6.09 Å². The van der Waals surface area contributed by atoms with Crippen LogP contribution in [0.5, 0.6) is 0 Å². The molecule has 4 aliphatic rings. The molecule has 0 aliphatic heterocycles. The lowest BCUT2D eigenvalue weighted by atomic mass is 9.47. The number of fused-ring (bicyclic) bond motifs is 5. The Morgan fingerprint density at radius 2 is 1.97 bits per heavy atom. The fraction of sp³-hybridized carbons (Fsp3) is 0.750. The van der Waals surface area contributed by atoms with Gasteiger partial charge in [-0.15, -0.1) is 0 Å². The fourth-order valence-electron chi connectivity index (χ4n) is 7.12. The Kier molecular flexibility index (Phi) is 5.39. The van der Waals surface area contributed by atoms with Gasteiger partial charge in [0.05, 0.1) is 18.4 Å². The van der Waals surface area contributed by atoms with Gasteiger partial charge in [0, 0.05) is 0 Å². The van der Waals surface area contributed by atoms with Crippen molar-refractivity contribution < 1.29 is 14.6 Å². The van der Waals surface area contributed by atoms with Crippen LogP contribution >= 0.6 is 0 Å². The van der Waals surface area contributed by atoms with Crippen molar-refractivity contribution in [1.29, 1.82) is 0 Å². The molecule has 0 spiro atoms. The summed E-state index contributed by atoms with van der Waals surface area (Å²) in [7, 11) is 0. The Hall–Kier alpha value is -1.62. The largest absolute Gasteiger partial charge is 0.449 e. The molecule has 0 unspecified atom stereocenters. The van der Waals surface area contributed by atoms with Crippen LogP contribution in [-0.4, -0.2) is 29.6 Å². The molecular formula is C24H36N2O3. The van der Waals surface area contributed by atoms with E-state index in [-0.39, 0.29) is 16.9 Å². The van der Waals surface area contributed by atoms with E-state index in [1.165, 1.54) is 24.0 Å². The minimum atomic E-state index is -0.492. The van der Waals surface area contributed by atoms with Crippen molar-refractivity contribution in [3.8, 4) is 0 Å². The lowest BCUT2D eigenvalue weighted by Crippen LogP contribution is -2.50. The molecule has 4 rings (SSSR count). The second-order valence-electron chi connectivity index (χ2n) is 10.00. The molecule has 0 bridgehead atoms. The summed E-state index contributed by atoms with van der Waals surface area (Å²) < 4.78 is 4.93. The van der Waals surface area contributed by atoms with Crippen molar-refractivity contribution in [2.45, 2.75) is 78.7 Å². The zero-order chi connectivity index (χ0) is 20.8. The van der Waals surface area contributed by atoms with E-state index in [2.05, 4.69) is 36.5 Å². The number of rotatable bonds is 3. The molecule has 5 nitrogen and oxygen atoms in total. The number of amides is 1. The average Bonchev–Trinajstić information content (AvgIpc) is 3.04. The molecule has 0 radical (unpaired) electrons. The first-order valence-corrected chi connectivity index (χ1v) is 11.3. The van der Waals surface area contributed by atoms with Crippen molar-refractivity contribution in [1.82, 2.24) is 5.43 Å². The standard InChI is InChI=1S/C24H36N2O3/c1-5-29-22(28)26-25-15(2)19-8-9-20-18-7-6-16-14-17(27)10-12-23(16,3)21(18)11-13-24(19,20)4/h6,8,17-18,20-21,27H,5,7,9-14H2,1-4H3,(H,26,28)/b25-15+/t17-,18+,20-,21-,23+,24-/m1/s1. The SMILES string of the molecule is CCOC(=O)N/N=C(\C)C1=CC[C@@H]2[C@@H]3CC=C4C[C@H](O)CC[C@]4(C)[C@@H]3CC[C@]12C. The highest BCUT2D eigenvalue weighted by Crippen LogP contribution is 2.65. The molecule has 0 heterocycles. The van der Waals surface area contributed by atoms with Gasteiger partial charge in [-0.05, 0) is 93.0 Å². The number of allylic oxidation sites excluding steroid dienone is 3. The predicted octanol–water partition coefficient (Wildman–Crippen LogP) is 4.97. The van der Waals surface area contributed by atoms with Gasteiger partial charge in [-0.25, -0.2) is 10.2 Å². The van der Waals surface area contributed by atoms with E-state index < -0.39 is 6.09 Å². The Labute approximate surface area is 174 Å². The number of aliphatic hydroxyl groups excluding tert-OH is 1. The summed E-state index contributed by atoms with van der Waals surface area (Å²) in [4.78, 5) is 11.6. The fourth-order valence-corrected chi connectivity index (χ4v) is 7.12. The molecular weight excluding hydrogens is 364 g/mol. The Morgan fingerprint density at radius 3 is 2.72 bits per heavy atom. The summed E-state index contributed by atoms with van der Waals surface area (Å²) in [5, 5.41) is 14.5. The number of hydrogen-bond donors (Lipinski definition) is 2. The second kappa shape index (κ2) is 7.57. The number of carbonyl (C=O) groups is 1. The minimum Gasteiger partial charge on any atom is -0.449 e. The van der Waals surface area contributed by atoms with Crippen LogP contribution in [0.2, 0.25) is 0 Å². The van der Waals surface area contributed by atoms with Crippen molar-refractivity contribution in [3.05, 3.63) is 23.3 Å². The first-order valence-electron chi connectivity index (χ1n) is 11.3. The highest BCUT2D eigenvalue weighted by Gasteiger charge is 2.56. The van der Waals surface area contributed by atoms with E-state index in [9.17, 15) is 9.90 Å². The molecule has 160 valence electrons. The summed E-state index contributed by atoms with van der Waals surface area (Å²) in [5.74, 6) is 2.04. The first kappa shape index (κ1) is 20.6. The van der Waals surface area contributed by atoms with Gasteiger partial charge in [0.1, 0.15) is 0 Å². The second-order valence-corrected chi connectivity index (χ2v) is 10.00. The van der Waals surface area contributed by atoms with Crippen molar-refractivity contribution >= 4 is 11.8 Å². The molecule has 2 fully saturated rings. The van der Waals surface area contributed by atoms with Crippen LogP contribution in [0.15, 0.2) is 28.4 Å². The maximum Gasteiger partial charge on any atom is 0.427 e. The van der Waals surface area contributed by atoms with Gasteiger partial charge in [0.15, 0.2) is 0 Å². The number of hydrazone groups is 1. The smallest absolute Gasteiger partial charge is 0.427 e. The van der Waals surface area contributed by atoms with E-state index in [1.807, 2.05) is 6.92 Å². The third-order valence-electron chi connectivity index (χ3n) is 8.64. The van der Waals surface area contributed by atoms with Crippen molar-refractivity contribution in [2.75, 3.05) is 6.61 Å². The van der Waals surface area contributed by atoms with Gasteiger partial charge in [0.2, 0.25) is 0 Å². The molecule has 5 heteroatoms. The van der Waals surface area contributed by atoms with Crippen LogP contribution in [0.1, 0.15) is 72.6 Å². The van der Waals surface area contributed by atoms with Crippen LogP contribution in [-0.2, 0) is 4.74 Å². The molecule has 0 aromatic heterocycles. The maximum atomic E-state index is 11.6. The Bertz CT molecular complexity index is 770. The summed E-state index contributed by atoms with van der Waals surface area (Å²) in [6, 6.07) is 0. The van der Waals surface area contributed by atoms with Crippen LogP contribution in [0, 0.1) is 28.6 Å². The number of ether oxygens (including phenoxy) is 1. The highest BCUT2D eigenvalue weighted by atomic mass is 16.5. The zero-order valence-corrected chi connectivity index (χ0v) is 18.3. The van der Waals surface area contributed by atoms with Gasteiger partial charge in [-0.3, -0.25) is 0 Å². The summed E-state index contributed by atoms with van der Waals surface area (Å²) in [6.07, 6.45) is 11.8. The zero-order valence-electron chi connectivity index (χ0n) is 18.3.